The summed E-state index contributed by atoms with van der Waals surface area (Å²) < 4.78 is 54.5. The Morgan fingerprint density at radius 1 is 0.455 bits per heavy atom. The zero-order chi connectivity index (χ0) is 24.3. The van der Waals surface area contributed by atoms with Crippen LogP contribution in [0.25, 0.3) is 0 Å². The van der Waals surface area contributed by atoms with E-state index in [1.54, 1.807) is 0 Å². The Labute approximate surface area is 203 Å². The van der Waals surface area contributed by atoms with Crippen molar-refractivity contribution in [1.29, 1.82) is 0 Å². The Hall–Kier alpha value is -0.290. The number of hydrogen-bond acceptors (Lipinski definition) is 7. The monoisotopic (exact) mass is 498 g/mol. The molecule has 0 saturated carbocycles. The van der Waals surface area contributed by atoms with Crippen LogP contribution in [0.5, 0.6) is 0 Å². The lowest BCUT2D eigenvalue weighted by molar-refractivity contribution is -0.00498. The molecule has 0 atom stereocenters. The quantitative estimate of drug-likeness (QED) is 0.114. The summed E-state index contributed by atoms with van der Waals surface area (Å²) in [4.78, 5) is 0. The SMILES string of the molecule is CCCCCCCCCCCCCCCCOCCOCCOCCOCCOS(=O)(=O)O. The van der Waals surface area contributed by atoms with Crippen LogP contribution in [-0.4, -0.2) is 72.4 Å². The van der Waals surface area contributed by atoms with Crippen molar-refractivity contribution in [2.24, 2.45) is 0 Å². The van der Waals surface area contributed by atoms with Gasteiger partial charge in [0.1, 0.15) is 0 Å². The third kappa shape index (κ3) is 31.7. The molecule has 0 heterocycles. The van der Waals surface area contributed by atoms with Crippen LogP contribution in [0.3, 0.4) is 0 Å². The minimum atomic E-state index is -4.39. The fraction of sp³-hybridized carbons (Fsp3) is 1.00. The van der Waals surface area contributed by atoms with Gasteiger partial charge in [0.05, 0.1) is 52.9 Å². The van der Waals surface area contributed by atoms with Crippen molar-refractivity contribution in [3.63, 3.8) is 0 Å². The van der Waals surface area contributed by atoms with Gasteiger partial charge < -0.3 is 18.9 Å². The minimum absolute atomic E-state index is 0.0658. The van der Waals surface area contributed by atoms with Crippen LogP contribution in [0, 0.1) is 0 Å². The van der Waals surface area contributed by atoms with Crippen LogP contribution in [0.1, 0.15) is 96.8 Å². The smallest absolute Gasteiger partial charge is 0.379 e. The van der Waals surface area contributed by atoms with E-state index in [-0.39, 0.29) is 13.2 Å². The lowest BCUT2D eigenvalue weighted by Crippen LogP contribution is -2.14. The highest BCUT2D eigenvalue weighted by molar-refractivity contribution is 7.80. The molecular formula is C24H50O8S. The second-order valence-corrected chi connectivity index (χ2v) is 9.39. The average Bonchev–Trinajstić information content (AvgIpc) is 2.78. The van der Waals surface area contributed by atoms with E-state index in [1.165, 1.54) is 83.5 Å². The van der Waals surface area contributed by atoms with Crippen LogP contribution in [0.15, 0.2) is 0 Å². The normalized spacial score (nSPS) is 11.9. The van der Waals surface area contributed by atoms with E-state index in [1.807, 2.05) is 0 Å². The van der Waals surface area contributed by atoms with E-state index in [9.17, 15) is 8.42 Å². The minimum Gasteiger partial charge on any atom is -0.379 e. The molecule has 200 valence electrons. The van der Waals surface area contributed by atoms with Gasteiger partial charge in [-0.15, -0.1) is 0 Å². The molecule has 0 aromatic rings. The van der Waals surface area contributed by atoms with Crippen LogP contribution in [0.2, 0.25) is 0 Å². The summed E-state index contributed by atoms with van der Waals surface area (Å²) in [6.07, 6.45) is 19.1. The van der Waals surface area contributed by atoms with Crippen molar-refractivity contribution >= 4 is 10.4 Å². The van der Waals surface area contributed by atoms with Crippen LogP contribution in [0.4, 0.5) is 0 Å². The average molecular weight is 499 g/mol. The number of rotatable bonds is 28. The Morgan fingerprint density at radius 3 is 1.12 bits per heavy atom. The van der Waals surface area contributed by atoms with E-state index >= 15 is 0 Å². The Balaban J connectivity index is 3.04. The van der Waals surface area contributed by atoms with E-state index < -0.39 is 10.4 Å². The first kappa shape index (κ1) is 32.7. The standard InChI is InChI=1S/C24H50O8S/c1-2-3-4-5-6-7-8-9-10-11-12-13-14-15-16-28-17-18-29-19-20-30-21-22-31-23-24-32-33(25,26)27/h2-24H2,1H3,(H,25,26,27). The zero-order valence-electron chi connectivity index (χ0n) is 21.0. The van der Waals surface area contributed by atoms with Gasteiger partial charge in [-0.3, -0.25) is 4.55 Å². The fourth-order valence-corrected chi connectivity index (χ4v) is 3.64. The van der Waals surface area contributed by atoms with Gasteiger partial charge in [0, 0.05) is 6.61 Å². The third-order valence-electron chi connectivity index (χ3n) is 5.22. The molecule has 0 fully saturated rings. The molecule has 8 nitrogen and oxygen atoms in total. The van der Waals surface area contributed by atoms with Gasteiger partial charge >= 0.3 is 10.4 Å². The first-order chi connectivity index (χ1) is 16.1. The molecule has 0 aliphatic carbocycles. The van der Waals surface area contributed by atoms with Crippen LogP contribution in [-0.2, 0) is 33.5 Å². The molecule has 0 bridgehead atoms. The molecule has 0 aliphatic rings. The molecule has 0 radical (unpaired) electrons. The summed E-state index contributed by atoms with van der Waals surface area (Å²) in [5.41, 5.74) is 0. The second kappa shape index (κ2) is 26.3. The van der Waals surface area contributed by atoms with Gasteiger partial charge in [-0.1, -0.05) is 90.4 Å². The largest absolute Gasteiger partial charge is 0.397 e. The molecule has 0 spiro atoms. The second-order valence-electron chi connectivity index (χ2n) is 8.30. The van der Waals surface area contributed by atoms with Gasteiger partial charge in [0.2, 0.25) is 0 Å². The predicted molar refractivity (Wildman–Crippen MR) is 131 cm³/mol. The molecule has 33 heavy (non-hydrogen) atoms. The van der Waals surface area contributed by atoms with Gasteiger partial charge in [-0.2, -0.15) is 8.42 Å². The predicted octanol–water partition coefficient (Wildman–Crippen LogP) is 5.35. The molecule has 0 unspecified atom stereocenters. The van der Waals surface area contributed by atoms with Crippen molar-refractivity contribution < 1.29 is 36.1 Å². The van der Waals surface area contributed by atoms with Crippen molar-refractivity contribution in [3.05, 3.63) is 0 Å². The summed E-state index contributed by atoms with van der Waals surface area (Å²) in [7, 11) is -4.39. The summed E-state index contributed by atoms with van der Waals surface area (Å²) in [6, 6.07) is 0. The lowest BCUT2D eigenvalue weighted by atomic mass is 10.0. The molecule has 1 N–H and O–H groups in total. The Bertz CT molecular complexity index is 473. The van der Waals surface area contributed by atoms with E-state index in [2.05, 4.69) is 11.1 Å². The van der Waals surface area contributed by atoms with Gasteiger partial charge in [0.15, 0.2) is 0 Å². The maximum Gasteiger partial charge on any atom is 0.397 e. The zero-order valence-corrected chi connectivity index (χ0v) is 21.8. The van der Waals surface area contributed by atoms with Gasteiger partial charge in [-0.05, 0) is 6.42 Å². The molecule has 9 heteroatoms. The van der Waals surface area contributed by atoms with Crippen molar-refractivity contribution in [3.8, 4) is 0 Å². The van der Waals surface area contributed by atoms with Crippen molar-refractivity contribution in [2.45, 2.75) is 96.8 Å². The summed E-state index contributed by atoms with van der Waals surface area (Å²) in [5, 5.41) is 0. The van der Waals surface area contributed by atoms with E-state index in [0.29, 0.717) is 39.6 Å². The summed E-state index contributed by atoms with van der Waals surface area (Å²) in [5.74, 6) is 0. The number of unbranched alkanes of at least 4 members (excludes halogenated alkanes) is 13. The molecule has 0 aliphatic heterocycles. The number of ether oxygens (including phenoxy) is 4. The van der Waals surface area contributed by atoms with Gasteiger partial charge in [-0.25, -0.2) is 4.18 Å². The lowest BCUT2D eigenvalue weighted by Gasteiger charge is -2.07. The van der Waals surface area contributed by atoms with Crippen molar-refractivity contribution in [2.75, 3.05) is 59.5 Å². The maximum absolute atomic E-state index is 10.3. The van der Waals surface area contributed by atoms with Crippen LogP contribution < -0.4 is 0 Å². The highest BCUT2D eigenvalue weighted by Crippen LogP contribution is 2.12. The Kier molecular flexibility index (Phi) is 26.1. The summed E-state index contributed by atoms with van der Waals surface area (Å²) >= 11 is 0. The van der Waals surface area contributed by atoms with E-state index in [0.717, 1.165) is 13.0 Å². The molecule has 0 saturated heterocycles. The first-order valence-electron chi connectivity index (χ1n) is 13.0. The fourth-order valence-electron chi connectivity index (χ4n) is 3.36. The topological polar surface area (TPSA) is 101 Å². The number of hydrogen-bond donors (Lipinski definition) is 1. The molecule has 0 amide bonds. The Morgan fingerprint density at radius 2 is 0.758 bits per heavy atom. The highest BCUT2D eigenvalue weighted by atomic mass is 32.3. The molecule has 0 aromatic carbocycles. The molecular weight excluding hydrogens is 448 g/mol. The first-order valence-corrected chi connectivity index (χ1v) is 14.4. The highest BCUT2D eigenvalue weighted by Gasteiger charge is 2.02. The maximum atomic E-state index is 10.3. The third-order valence-corrected chi connectivity index (χ3v) is 5.68. The summed E-state index contributed by atoms with van der Waals surface area (Å²) in [6.45, 7) is 5.74. The molecule has 0 rings (SSSR count). The van der Waals surface area contributed by atoms with Gasteiger partial charge in [0.25, 0.3) is 0 Å². The van der Waals surface area contributed by atoms with Crippen LogP contribution >= 0.6 is 0 Å². The van der Waals surface area contributed by atoms with E-state index in [4.69, 9.17) is 23.5 Å². The molecule has 0 aromatic heterocycles. The van der Waals surface area contributed by atoms with Crippen molar-refractivity contribution in [1.82, 2.24) is 0 Å².